The molecule has 1 spiro atoms. The van der Waals surface area contributed by atoms with E-state index in [1.54, 1.807) is 0 Å². The lowest BCUT2D eigenvalue weighted by molar-refractivity contribution is 0.144. The molecule has 1 saturated heterocycles. The van der Waals surface area contributed by atoms with Crippen molar-refractivity contribution in [3.8, 4) is 0 Å². The fourth-order valence-corrected chi connectivity index (χ4v) is 3.80. The van der Waals surface area contributed by atoms with Crippen LogP contribution in [0.4, 0.5) is 11.5 Å². The molecule has 3 nitrogen and oxygen atoms in total. The zero-order valence-corrected chi connectivity index (χ0v) is 12.0. The van der Waals surface area contributed by atoms with Crippen LogP contribution in [0, 0.1) is 12.3 Å². The number of pyridine rings is 1. The highest BCUT2D eigenvalue weighted by atomic mass is 15.2. The molecule has 2 aliphatic rings. The Morgan fingerprint density at radius 1 is 1.05 bits per heavy atom. The van der Waals surface area contributed by atoms with E-state index in [9.17, 15) is 0 Å². The summed E-state index contributed by atoms with van der Waals surface area (Å²) in [5, 5.41) is 0. The second kappa shape index (κ2) is 5.03. The molecule has 0 radical (unpaired) electrons. The molecule has 1 aromatic rings. The highest BCUT2D eigenvalue weighted by Gasteiger charge is 2.36. The number of rotatable bonds is 1. The quantitative estimate of drug-likeness (QED) is 0.839. The van der Waals surface area contributed by atoms with Crippen LogP contribution in [0.1, 0.15) is 50.6 Å². The van der Waals surface area contributed by atoms with Gasteiger partial charge in [-0.15, -0.1) is 0 Å². The highest BCUT2D eigenvalue weighted by Crippen LogP contribution is 2.45. The molecule has 0 aromatic carbocycles. The summed E-state index contributed by atoms with van der Waals surface area (Å²) >= 11 is 0. The maximum Gasteiger partial charge on any atom is 0.152 e. The molecule has 0 bridgehead atoms. The summed E-state index contributed by atoms with van der Waals surface area (Å²) in [5.41, 5.74) is 8.61. The molecule has 104 valence electrons. The van der Waals surface area contributed by atoms with Crippen molar-refractivity contribution in [2.75, 3.05) is 23.7 Å². The molecule has 1 saturated carbocycles. The zero-order valence-electron chi connectivity index (χ0n) is 12.0. The van der Waals surface area contributed by atoms with E-state index in [0.717, 1.165) is 30.3 Å². The first-order valence-electron chi connectivity index (χ1n) is 7.67. The fraction of sp³-hybridized carbons (Fsp3) is 0.688. The van der Waals surface area contributed by atoms with E-state index in [0.29, 0.717) is 5.41 Å². The predicted molar refractivity (Wildman–Crippen MR) is 80.4 cm³/mol. The molecular formula is C16H25N3. The maximum absolute atomic E-state index is 6.09. The summed E-state index contributed by atoms with van der Waals surface area (Å²) in [6, 6.07) is 3.98. The van der Waals surface area contributed by atoms with Gasteiger partial charge in [0.05, 0.1) is 5.69 Å². The van der Waals surface area contributed by atoms with Gasteiger partial charge >= 0.3 is 0 Å². The number of nitrogens with two attached hydrogens (primary N) is 1. The minimum Gasteiger partial charge on any atom is -0.396 e. The van der Waals surface area contributed by atoms with E-state index >= 15 is 0 Å². The van der Waals surface area contributed by atoms with Gasteiger partial charge in [0.25, 0.3) is 0 Å². The first-order valence-corrected chi connectivity index (χ1v) is 7.67. The number of hydrogen-bond donors (Lipinski definition) is 1. The van der Waals surface area contributed by atoms with Crippen molar-refractivity contribution in [3.63, 3.8) is 0 Å². The van der Waals surface area contributed by atoms with Crippen LogP contribution in [0.25, 0.3) is 0 Å². The highest BCUT2D eigenvalue weighted by molar-refractivity contribution is 5.63. The summed E-state index contributed by atoms with van der Waals surface area (Å²) in [7, 11) is 0. The van der Waals surface area contributed by atoms with Crippen LogP contribution in [0.3, 0.4) is 0 Å². The number of hydrogen-bond acceptors (Lipinski definition) is 3. The molecule has 0 atom stereocenters. The van der Waals surface area contributed by atoms with Gasteiger partial charge in [0.2, 0.25) is 0 Å². The van der Waals surface area contributed by atoms with Crippen molar-refractivity contribution in [2.45, 2.75) is 51.9 Å². The zero-order chi connectivity index (χ0) is 13.3. The van der Waals surface area contributed by atoms with Crippen molar-refractivity contribution >= 4 is 11.5 Å². The number of aryl methyl sites for hydroxylation is 1. The third-order valence-corrected chi connectivity index (χ3v) is 5.08. The fourth-order valence-electron chi connectivity index (χ4n) is 3.80. The standard InChI is InChI=1S/C16H25N3/c1-13-5-6-14(17)15(18-13)19-11-9-16(10-12-19)7-3-2-4-8-16/h5-6H,2-4,7-12,17H2,1H3. The summed E-state index contributed by atoms with van der Waals surface area (Å²) in [4.78, 5) is 7.02. The number of piperidine rings is 1. The second-order valence-corrected chi connectivity index (χ2v) is 6.41. The minimum atomic E-state index is 0.646. The molecule has 1 aliphatic carbocycles. The number of aromatic nitrogens is 1. The van der Waals surface area contributed by atoms with E-state index < -0.39 is 0 Å². The Morgan fingerprint density at radius 2 is 1.74 bits per heavy atom. The third kappa shape index (κ3) is 2.56. The lowest BCUT2D eigenvalue weighted by Gasteiger charge is -2.44. The minimum absolute atomic E-state index is 0.646. The van der Waals surface area contributed by atoms with Crippen LogP contribution >= 0.6 is 0 Å². The van der Waals surface area contributed by atoms with Crippen molar-refractivity contribution in [1.29, 1.82) is 0 Å². The van der Waals surface area contributed by atoms with Crippen molar-refractivity contribution in [2.24, 2.45) is 5.41 Å². The monoisotopic (exact) mass is 259 g/mol. The largest absolute Gasteiger partial charge is 0.396 e. The Labute approximate surface area is 116 Å². The molecular weight excluding hydrogens is 234 g/mol. The van der Waals surface area contributed by atoms with Gasteiger partial charge in [0.1, 0.15) is 0 Å². The molecule has 0 amide bonds. The molecule has 1 aromatic heterocycles. The normalized spacial score (nSPS) is 22.7. The molecule has 0 unspecified atom stereocenters. The van der Waals surface area contributed by atoms with Crippen LogP contribution in [-0.2, 0) is 0 Å². The molecule has 2 N–H and O–H groups in total. The van der Waals surface area contributed by atoms with Crippen LogP contribution in [0.5, 0.6) is 0 Å². The van der Waals surface area contributed by atoms with E-state index in [4.69, 9.17) is 5.73 Å². The molecule has 1 aliphatic heterocycles. The summed E-state index contributed by atoms with van der Waals surface area (Å²) in [6.07, 6.45) is 9.84. The van der Waals surface area contributed by atoms with Gasteiger partial charge in [0.15, 0.2) is 5.82 Å². The van der Waals surface area contributed by atoms with Crippen LogP contribution < -0.4 is 10.6 Å². The maximum atomic E-state index is 6.09. The van der Waals surface area contributed by atoms with E-state index in [1.165, 1.54) is 44.9 Å². The summed E-state index contributed by atoms with van der Waals surface area (Å²) < 4.78 is 0. The average Bonchev–Trinajstić information content (AvgIpc) is 2.44. The number of anilines is 2. The Kier molecular flexibility index (Phi) is 3.38. The van der Waals surface area contributed by atoms with Crippen LogP contribution in [0.2, 0.25) is 0 Å². The number of nitrogens with zero attached hydrogens (tertiary/aromatic N) is 2. The summed E-state index contributed by atoms with van der Waals surface area (Å²) in [5.74, 6) is 1.01. The summed E-state index contributed by atoms with van der Waals surface area (Å²) in [6.45, 7) is 4.29. The number of nitrogen functional groups attached to an aromatic ring is 1. The van der Waals surface area contributed by atoms with Gasteiger partial charge in [-0.1, -0.05) is 19.3 Å². The average molecular weight is 259 g/mol. The second-order valence-electron chi connectivity index (χ2n) is 6.41. The Balaban J connectivity index is 1.71. The lowest BCUT2D eigenvalue weighted by Crippen LogP contribution is -2.41. The Bertz CT molecular complexity index is 439. The van der Waals surface area contributed by atoms with Gasteiger partial charge in [-0.2, -0.15) is 0 Å². The molecule has 2 heterocycles. The molecule has 19 heavy (non-hydrogen) atoms. The van der Waals surface area contributed by atoms with Gasteiger partial charge in [-0.05, 0) is 50.2 Å². The van der Waals surface area contributed by atoms with Crippen molar-refractivity contribution in [1.82, 2.24) is 4.98 Å². The van der Waals surface area contributed by atoms with E-state index in [-0.39, 0.29) is 0 Å². The smallest absolute Gasteiger partial charge is 0.152 e. The van der Waals surface area contributed by atoms with Crippen molar-refractivity contribution < 1.29 is 0 Å². The van der Waals surface area contributed by atoms with Gasteiger partial charge in [-0.3, -0.25) is 0 Å². The predicted octanol–water partition coefficient (Wildman–Crippen LogP) is 3.52. The Morgan fingerprint density at radius 3 is 2.42 bits per heavy atom. The molecule has 3 rings (SSSR count). The first kappa shape index (κ1) is 12.8. The van der Waals surface area contributed by atoms with E-state index in [2.05, 4.69) is 9.88 Å². The van der Waals surface area contributed by atoms with E-state index in [1.807, 2.05) is 19.1 Å². The molecule has 2 fully saturated rings. The van der Waals surface area contributed by atoms with Crippen LogP contribution in [-0.4, -0.2) is 18.1 Å². The third-order valence-electron chi connectivity index (χ3n) is 5.08. The van der Waals surface area contributed by atoms with Gasteiger partial charge < -0.3 is 10.6 Å². The van der Waals surface area contributed by atoms with Crippen molar-refractivity contribution in [3.05, 3.63) is 17.8 Å². The molecule has 3 heteroatoms. The van der Waals surface area contributed by atoms with Gasteiger partial charge in [0, 0.05) is 18.8 Å². The first-order chi connectivity index (χ1) is 9.19. The Hall–Kier alpha value is -1.25. The topological polar surface area (TPSA) is 42.1 Å². The lowest BCUT2D eigenvalue weighted by atomic mass is 9.68. The van der Waals surface area contributed by atoms with Crippen LogP contribution in [0.15, 0.2) is 12.1 Å². The van der Waals surface area contributed by atoms with Gasteiger partial charge in [-0.25, -0.2) is 4.98 Å². The SMILES string of the molecule is Cc1ccc(N)c(N2CCC3(CCCCC3)CC2)n1.